The highest BCUT2D eigenvalue weighted by atomic mass is 35.5. The molecule has 0 saturated carbocycles. The van der Waals surface area contributed by atoms with Gasteiger partial charge < -0.3 is 4.57 Å². The van der Waals surface area contributed by atoms with E-state index in [9.17, 15) is 14.0 Å². The SMILES string of the molecule is CN(Cc1ccccc1)Cc1nc2c(c(=O)n(C)c(=O)n2C)n1Cc1c(F)cccc1Cl. The number of hydrogen-bond donors (Lipinski definition) is 0. The first-order chi connectivity index (χ1) is 15.3. The van der Waals surface area contributed by atoms with E-state index in [0.717, 1.165) is 10.1 Å². The van der Waals surface area contributed by atoms with Crippen LogP contribution < -0.4 is 11.2 Å². The summed E-state index contributed by atoms with van der Waals surface area (Å²) in [6.07, 6.45) is 0. The van der Waals surface area contributed by atoms with Crippen LogP contribution in [0, 0.1) is 5.82 Å². The van der Waals surface area contributed by atoms with Crippen molar-refractivity contribution in [1.29, 1.82) is 0 Å². The molecule has 32 heavy (non-hydrogen) atoms. The Bertz CT molecular complexity index is 1390. The van der Waals surface area contributed by atoms with E-state index in [0.29, 0.717) is 18.9 Å². The van der Waals surface area contributed by atoms with E-state index < -0.39 is 17.1 Å². The highest BCUT2D eigenvalue weighted by Gasteiger charge is 2.21. The van der Waals surface area contributed by atoms with Gasteiger partial charge in [0.25, 0.3) is 5.56 Å². The third-order valence-corrected chi connectivity index (χ3v) is 5.87. The Morgan fingerprint density at radius 3 is 2.41 bits per heavy atom. The van der Waals surface area contributed by atoms with Gasteiger partial charge in [-0.1, -0.05) is 48.0 Å². The number of aryl methyl sites for hydroxylation is 1. The number of halogens is 2. The lowest BCUT2D eigenvalue weighted by Crippen LogP contribution is -2.37. The second kappa shape index (κ2) is 8.72. The predicted octanol–water partition coefficient (Wildman–Crippen LogP) is 2.91. The van der Waals surface area contributed by atoms with Gasteiger partial charge in [-0.15, -0.1) is 0 Å². The second-order valence-corrected chi connectivity index (χ2v) is 8.26. The molecule has 0 aliphatic rings. The zero-order valence-electron chi connectivity index (χ0n) is 18.0. The summed E-state index contributed by atoms with van der Waals surface area (Å²) in [5.41, 5.74) is 0.917. The summed E-state index contributed by atoms with van der Waals surface area (Å²) in [6.45, 7) is 1.05. The third kappa shape index (κ3) is 3.99. The largest absolute Gasteiger partial charge is 0.332 e. The number of fused-ring (bicyclic) bond motifs is 1. The molecule has 9 heteroatoms. The lowest BCUT2D eigenvalue weighted by Gasteiger charge is -2.18. The van der Waals surface area contributed by atoms with Crippen molar-refractivity contribution >= 4 is 22.8 Å². The fourth-order valence-electron chi connectivity index (χ4n) is 3.82. The lowest BCUT2D eigenvalue weighted by atomic mass is 10.2. The van der Waals surface area contributed by atoms with Crippen LogP contribution in [0.3, 0.4) is 0 Å². The summed E-state index contributed by atoms with van der Waals surface area (Å²) in [7, 11) is 4.91. The van der Waals surface area contributed by atoms with Gasteiger partial charge in [0.1, 0.15) is 11.6 Å². The summed E-state index contributed by atoms with van der Waals surface area (Å²) in [6, 6.07) is 14.4. The average Bonchev–Trinajstić information content (AvgIpc) is 3.12. The normalized spacial score (nSPS) is 11.6. The van der Waals surface area contributed by atoms with Crippen LogP contribution in [0.2, 0.25) is 5.02 Å². The Balaban J connectivity index is 1.85. The van der Waals surface area contributed by atoms with Crippen molar-refractivity contribution in [3.05, 3.63) is 97.2 Å². The Morgan fingerprint density at radius 1 is 1.00 bits per heavy atom. The van der Waals surface area contributed by atoms with Crippen LogP contribution in [0.15, 0.2) is 58.1 Å². The summed E-state index contributed by atoms with van der Waals surface area (Å²) in [4.78, 5) is 32.1. The van der Waals surface area contributed by atoms with Crippen molar-refractivity contribution in [2.45, 2.75) is 19.6 Å². The van der Waals surface area contributed by atoms with E-state index in [1.807, 2.05) is 42.3 Å². The van der Waals surface area contributed by atoms with E-state index in [4.69, 9.17) is 11.6 Å². The standard InChI is InChI=1S/C23H23ClFN5O2/c1-27(12-15-8-5-4-6-9-15)14-19-26-21-20(22(31)29(3)23(32)28(21)2)30(19)13-16-17(24)10-7-11-18(16)25/h4-11H,12-14H2,1-3H3. The zero-order valence-corrected chi connectivity index (χ0v) is 18.8. The topological polar surface area (TPSA) is 65.1 Å². The number of nitrogens with zero attached hydrogens (tertiary/aromatic N) is 5. The average molecular weight is 456 g/mol. The first kappa shape index (κ1) is 22.0. The maximum absolute atomic E-state index is 14.6. The van der Waals surface area contributed by atoms with Gasteiger partial charge in [-0.2, -0.15) is 0 Å². The number of rotatable bonds is 6. The number of imidazole rings is 1. The molecule has 0 bridgehead atoms. The minimum Gasteiger partial charge on any atom is -0.316 e. The number of hydrogen-bond acceptors (Lipinski definition) is 4. The fraction of sp³-hybridized carbons (Fsp3) is 0.261. The van der Waals surface area contributed by atoms with Gasteiger partial charge in [0.05, 0.1) is 13.1 Å². The molecule has 4 aromatic rings. The maximum atomic E-state index is 14.6. The molecular formula is C23H23ClFN5O2. The molecule has 2 heterocycles. The van der Waals surface area contributed by atoms with Crippen molar-refractivity contribution in [2.24, 2.45) is 14.1 Å². The van der Waals surface area contributed by atoms with Gasteiger partial charge in [-0.05, 0) is 24.7 Å². The molecule has 7 nitrogen and oxygen atoms in total. The van der Waals surface area contributed by atoms with E-state index in [1.165, 1.54) is 23.7 Å². The van der Waals surface area contributed by atoms with Crippen LogP contribution in [0.25, 0.3) is 11.2 Å². The second-order valence-electron chi connectivity index (χ2n) is 7.85. The van der Waals surface area contributed by atoms with Crippen molar-refractivity contribution < 1.29 is 4.39 Å². The van der Waals surface area contributed by atoms with Crippen LogP contribution in [0.1, 0.15) is 17.0 Å². The minimum atomic E-state index is -0.486. The minimum absolute atomic E-state index is 0.0178. The fourth-order valence-corrected chi connectivity index (χ4v) is 4.04. The van der Waals surface area contributed by atoms with E-state index in [1.54, 1.807) is 17.7 Å². The monoisotopic (exact) mass is 455 g/mol. The molecule has 0 fully saturated rings. The van der Waals surface area contributed by atoms with Crippen molar-refractivity contribution in [2.75, 3.05) is 7.05 Å². The molecular weight excluding hydrogens is 433 g/mol. The Hall–Kier alpha value is -3.23. The molecule has 0 unspecified atom stereocenters. The van der Waals surface area contributed by atoms with Crippen molar-refractivity contribution in [1.82, 2.24) is 23.6 Å². The molecule has 0 aliphatic carbocycles. The highest BCUT2D eigenvalue weighted by molar-refractivity contribution is 6.31. The van der Waals surface area contributed by atoms with Crippen LogP contribution in [-0.4, -0.2) is 30.6 Å². The molecule has 166 valence electrons. The molecule has 0 amide bonds. The van der Waals surface area contributed by atoms with Gasteiger partial charge >= 0.3 is 5.69 Å². The first-order valence-electron chi connectivity index (χ1n) is 10.1. The van der Waals surface area contributed by atoms with Gasteiger partial charge in [0.2, 0.25) is 0 Å². The summed E-state index contributed by atoms with van der Waals surface area (Å²) >= 11 is 6.27. The third-order valence-electron chi connectivity index (χ3n) is 5.51. The van der Waals surface area contributed by atoms with E-state index >= 15 is 0 Å². The van der Waals surface area contributed by atoms with Gasteiger partial charge in [-0.25, -0.2) is 14.2 Å². The van der Waals surface area contributed by atoms with Crippen LogP contribution >= 0.6 is 11.6 Å². The molecule has 0 radical (unpaired) electrons. The Morgan fingerprint density at radius 2 is 1.72 bits per heavy atom. The first-order valence-corrected chi connectivity index (χ1v) is 10.5. The van der Waals surface area contributed by atoms with Crippen molar-refractivity contribution in [3.8, 4) is 0 Å². The van der Waals surface area contributed by atoms with E-state index in [-0.39, 0.29) is 28.3 Å². The summed E-state index contributed by atoms with van der Waals surface area (Å²) in [5, 5.41) is 0.261. The molecule has 2 aromatic carbocycles. The van der Waals surface area contributed by atoms with Crippen molar-refractivity contribution in [3.63, 3.8) is 0 Å². The molecule has 4 rings (SSSR count). The molecule has 2 aromatic heterocycles. The summed E-state index contributed by atoms with van der Waals surface area (Å²) < 4.78 is 18.6. The highest BCUT2D eigenvalue weighted by Crippen LogP contribution is 2.23. The number of aromatic nitrogens is 4. The quantitative estimate of drug-likeness (QED) is 0.448. The van der Waals surface area contributed by atoms with Crippen LogP contribution in [-0.2, 0) is 33.7 Å². The van der Waals surface area contributed by atoms with Gasteiger partial charge in [0.15, 0.2) is 11.2 Å². The van der Waals surface area contributed by atoms with Crippen LogP contribution in [0.4, 0.5) is 4.39 Å². The van der Waals surface area contributed by atoms with Crippen LogP contribution in [0.5, 0.6) is 0 Å². The molecule has 0 spiro atoms. The maximum Gasteiger partial charge on any atom is 0.332 e. The molecule has 0 aliphatic heterocycles. The molecule has 0 saturated heterocycles. The molecule has 0 atom stereocenters. The lowest BCUT2D eigenvalue weighted by molar-refractivity contribution is 0.306. The zero-order chi connectivity index (χ0) is 23.0. The van der Waals surface area contributed by atoms with E-state index in [2.05, 4.69) is 4.98 Å². The Kier molecular flexibility index (Phi) is 5.99. The van der Waals surface area contributed by atoms with Gasteiger partial charge in [0, 0.05) is 31.2 Å². The predicted molar refractivity (Wildman–Crippen MR) is 122 cm³/mol. The van der Waals surface area contributed by atoms with Gasteiger partial charge in [-0.3, -0.25) is 18.8 Å². The molecule has 0 N–H and O–H groups in total. The smallest absolute Gasteiger partial charge is 0.316 e. The summed E-state index contributed by atoms with van der Waals surface area (Å²) in [5.74, 6) is 0.0700. The Labute approximate surface area is 188 Å². The number of benzene rings is 2.